The highest BCUT2D eigenvalue weighted by atomic mass is 16.5. The van der Waals surface area contributed by atoms with E-state index in [1.807, 2.05) is 20.8 Å². The first-order chi connectivity index (χ1) is 10.3. The van der Waals surface area contributed by atoms with Crippen LogP contribution in [-0.2, 0) is 4.74 Å². The Labute approximate surface area is 132 Å². The van der Waals surface area contributed by atoms with E-state index >= 15 is 0 Å². The summed E-state index contributed by atoms with van der Waals surface area (Å²) in [5.74, 6) is 0.722. The van der Waals surface area contributed by atoms with E-state index in [1.165, 1.54) is 0 Å². The molecular weight excluding hydrogens is 280 g/mol. The molecule has 1 aromatic rings. The summed E-state index contributed by atoms with van der Waals surface area (Å²) in [5, 5.41) is 2.74. The van der Waals surface area contributed by atoms with Gasteiger partial charge >= 0.3 is 0 Å². The van der Waals surface area contributed by atoms with Gasteiger partial charge in [0.15, 0.2) is 0 Å². The predicted octanol–water partition coefficient (Wildman–Crippen LogP) is 3.25. The van der Waals surface area contributed by atoms with Crippen LogP contribution in [0.3, 0.4) is 0 Å². The van der Waals surface area contributed by atoms with Crippen molar-refractivity contribution in [3.05, 3.63) is 29.8 Å². The second-order valence-corrected chi connectivity index (χ2v) is 5.77. The van der Waals surface area contributed by atoms with Gasteiger partial charge in [0.1, 0.15) is 5.75 Å². The molecule has 0 aliphatic carbocycles. The van der Waals surface area contributed by atoms with E-state index < -0.39 is 0 Å². The molecule has 1 N–H and O–H groups in total. The molecule has 0 saturated carbocycles. The van der Waals surface area contributed by atoms with Crippen LogP contribution in [0.2, 0.25) is 0 Å². The van der Waals surface area contributed by atoms with Crippen molar-refractivity contribution in [2.45, 2.75) is 46.8 Å². The molecular formula is C17H26N2O3. The zero-order valence-corrected chi connectivity index (χ0v) is 14.2. The van der Waals surface area contributed by atoms with Crippen molar-refractivity contribution in [3.63, 3.8) is 0 Å². The van der Waals surface area contributed by atoms with E-state index in [4.69, 9.17) is 9.47 Å². The zero-order chi connectivity index (χ0) is 16.7. The first-order valence-corrected chi connectivity index (χ1v) is 7.53. The lowest BCUT2D eigenvalue weighted by molar-refractivity contribution is 0.0959. The van der Waals surface area contributed by atoms with Crippen LogP contribution in [-0.4, -0.2) is 31.2 Å². The van der Waals surface area contributed by atoms with Crippen LogP contribution in [0.1, 0.15) is 45.0 Å². The zero-order valence-electron chi connectivity index (χ0n) is 14.2. The number of amides is 1. The van der Waals surface area contributed by atoms with Crippen LogP contribution in [0.4, 0.5) is 0 Å². The molecule has 0 saturated heterocycles. The molecule has 1 rings (SSSR count). The highest BCUT2D eigenvalue weighted by molar-refractivity contribution is 6.04. The van der Waals surface area contributed by atoms with Gasteiger partial charge in [-0.2, -0.15) is 0 Å². The maximum Gasteiger partial charge on any atom is 0.292 e. The topological polar surface area (TPSA) is 59.9 Å². The first-order valence-electron chi connectivity index (χ1n) is 7.53. The van der Waals surface area contributed by atoms with Crippen molar-refractivity contribution in [3.8, 4) is 5.75 Å². The van der Waals surface area contributed by atoms with Gasteiger partial charge < -0.3 is 9.47 Å². The number of aliphatic imine (C=N–C) groups is 1. The van der Waals surface area contributed by atoms with Gasteiger partial charge in [-0.05, 0) is 44.9 Å². The third-order valence-corrected chi connectivity index (χ3v) is 3.19. The standard InChI is InChI=1S/C17H26N2O3/c1-11(2)13(5)18-17(22-12(3)4)19-16(20)14-8-7-9-15(10-14)21-6/h7-13H,1-6H3,(H,18,19,20)/t13-/m1/s1. The molecule has 5 heteroatoms. The Hall–Kier alpha value is -2.04. The summed E-state index contributed by atoms with van der Waals surface area (Å²) in [6, 6.07) is 7.26. The highest BCUT2D eigenvalue weighted by Gasteiger charge is 2.14. The van der Waals surface area contributed by atoms with Crippen molar-refractivity contribution in [1.29, 1.82) is 0 Å². The van der Waals surface area contributed by atoms with Gasteiger partial charge in [-0.3, -0.25) is 10.1 Å². The smallest absolute Gasteiger partial charge is 0.292 e. The second-order valence-electron chi connectivity index (χ2n) is 5.77. The summed E-state index contributed by atoms with van der Waals surface area (Å²) in [6.45, 7) is 9.93. The molecule has 0 bridgehead atoms. The fraction of sp³-hybridized carbons (Fsp3) is 0.529. The van der Waals surface area contributed by atoms with Crippen molar-refractivity contribution in [2.24, 2.45) is 10.9 Å². The molecule has 1 aromatic carbocycles. The number of carbonyl (C=O) groups excluding carboxylic acids is 1. The van der Waals surface area contributed by atoms with Crippen LogP contribution >= 0.6 is 0 Å². The quantitative estimate of drug-likeness (QED) is 0.671. The van der Waals surface area contributed by atoms with Crippen molar-refractivity contribution < 1.29 is 14.3 Å². The Kier molecular flexibility index (Phi) is 6.89. The molecule has 0 unspecified atom stereocenters. The van der Waals surface area contributed by atoms with Crippen LogP contribution in [0, 0.1) is 5.92 Å². The van der Waals surface area contributed by atoms with Gasteiger partial charge in [0.05, 0.1) is 19.3 Å². The predicted molar refractivity (Wildman–Crippen MR) is 88.4 cm³/mol. The summed E-state index contributed by atoms with van der Waals surface area (Å²) < 4.78 is 10.7. The Balaban J connectivity index is 2.90. The van der Waals surface area contributed by atoms with Crippen LogP contribution in [0.5, 0.6) is 5.75 Å². The minimum Gasteiger partial charge on any atom is -0.497 e. The van der Waals surface area contributed by atoms with Gasteiger partial charge in [-0.15, -0.1) is 0 Å². The number of rotatable bonds is 5. The van der Waals surface area contributed by atoms with Crippen LogP contribution in [0.25, 0.3) is 0 Å². The molecule has 5 nitrogen and oxygen atoms in total. The number of nitrogens with zero attached hydrogens (tertiary/aromatic N) is 1. The lowest BCUT2D eigenvalue weighted by atomic mass is 10.1. The van der Waals surface area contributed by atoms with E-state index in [2.05, 4.69) is 24.2 Å². The van der Waals surface area contributed by atoms with E-state index in [9.17, 15) is 4.79 Å². The third kappa shape index (κ3) is 5.76. The Bertz CT molecular complexity index is 524. The second kappa shape index (κ2) is 8.41. The molecule has 0 heterocycles. The Morgan fingerprint density at radius 3 is 2.41 bits per heavy atom. The molecule has 1 amide bonds. The van der Waals surface area contributed by atoms with Crippen molar-refractivity contribution in [1.82, 2.24) is 5.32 Å². The maximum atomic E-state index is 12.3. The van der Waals surface area contributed by atoms with Gasteiger partial charge in [0.2, 0.25) is 0 Å². The molecule has 0 fully saturated rings. The van der Waals surface area contributed by atoms with Gasteiger partial charge in [-0.1, -0.05) is 19.9 Å². The van der Waals surface area contributed by atoms with E-state index in [-0.39, 0.29) is 24.1 Å². The van der Waals surface area contributed by atoms with E-state index in [1.54, 1.807) is 31.4 Å². The molecule has 0 spiro atoms. The molecule has 0 aliphatic heterocycles. The minimum atomic E-state index is -0.269. The van der Waals surface area contributed by atoms with Crippen molar-refractivity contribution in [2.75, 3.05) is 7.11 Å². The summed E-state index contributed by atoms with van der Waals surface area (Å²) in [6.07, 6.45) is -0.0660. The number of benzene rings is 1. The Morgan fingerprint density at radius 2 is 1.86 bits per heavy atom. The third-order valence-electron chi connectivity index (χ3n) is 3.19. The molecule has 0 aromatic heterocycles. The molecule has 122 valence electrons. The fourth-order valence-corrected chi connectivity index (χ4v) is 1.58. The van der Waals surface area contributed by atoms with Gasteiger partial charge in [0, 0.05) is 5.56 Å². The summed E-state index contributed by atoms with van der Waals surface area (Å²) in [5.41, 5.74) is 0.497. The number of hydrogen-bond acceptors (Lipinski definition) is 4. The lowest BCUT2D eigenvalue weighted by Gasteiger charge is -2.17. The normalized spacial score (nSPS) is 13.2. The van der Waals surface area contributed by atoms with E-state index in [0.29, 0.717) is 17.2 Å². The van der Waals surface area contributed by atoms with Crippen LogP contribution < -0.4 is 10.1 Å². The van der Waals surface area contributed by atoms with Crippen LogP contribution in [0.15, 0.2) is 29.3 Å². The van der Waals surface area contributed by atoms with Gasteiger partial charge in [-0.25, -0.2) is 4.99 Å². The first kappa shape index (κ1) is 18.0. The van der Waals surface area contributed by atoms with E-state index in [0.717, 1.165) is 0 Å². The average molecular weight is 306 g/mol. The van der Waals surface area contributed by atoms with Crippen molar-refractivity contribution >= 4 is 11.9 Å². The monoisotopic (exact) mass is 306 g/mol. The SMILES string of the molecule is COc1cccc(C(=O)NC(=N[C@H](C)C(C)C)OC(C)C)c1. The summed E-state index contributed by atoms with van der Waals surface area (Å²) >= 11 is 0. The van der Waals surface area contributed by atoms with Gasteiger partial charge in [0.25, 0.3) is 11.9 Å². The summed E-state index contributed by atoms with van der Waals surface area (Å²) in [7, 11) is 1.57. The molecule has 0 aliphatic rings. The maximum absolute atomic E-state index is 12.3. The number of amidine groups is 1. The molecule has 1 atom stereocenters. The molecule has 22 heavy (non-hydrogen) atoms. The number of hydrogen-bond donors (Lipinski definition) is 1. The number of ether oxygens (including phenoxy) is 2. The highest BCUT2D eigenvalue weighted by Crippen LogP contribution is 2.12. The Morgan fingerprint density at radius 1 is 1.18 bits per heavy atom. The number of nitrogens with one attached hydrogen (secondary N) is 1. The minimum absolute atomic E-state index is 0.0550. The average Bonchev–Trinajstić information content (AvgIpc) is 2.46. The lowest BCUT2D eigenvalue weighted by Crippen LogP contribution is -2.35. The largest absolute Gasteiger partial charge is 0.497 e. The number of carbonyl (C=O) groups is 1. The fourth-order valence-electron chi connectivity index (χ4n) is 1.58. The summed E-state index contributed by atoms with van der Waals surface area (Å²) in [4.78, 5) is 16.8. The number of methoxy groups -OCH3 is 1. The molecule has 0 radical (unpaired) electrons.